The minimum Gasteiger partial charge on any atom is -0.489 e. The Labute approximate surface area is 223 Å². The van der Waals surface area contributed by atoms with Gasteiger partial charge in [-0.15, -0.1) is 0 Å². The molecular weight excluding hydrogens is 460 g/mol. The number of rotatable bonds is 11. The minimum atomic E-state index is -0.911. The van der Waals surface area contributed by atoms with Crippen LogP contribution in [0.15, 0.2) is 36.4 Å². The lowest BCUT2D eigenvalue weighted by atomic mass is 9.70. The number of cyclic esters (lactones) is 1. The van der Waals surface area contributed by atoms with Crippen molar-refractivity contribution in [3.05, 3.63) is 64.2 Å². The SMILES string of the molecule is CCCC(O)(C#Cc1ccc(C(CC)(CC)c2ccc(OCC3CCC(=O)O3)c(C)c2)cc1C)CCC. The van der Waals surface area contributed by atoms with Crippen LogP contribution >= 0.6 is 0 Å². The van der Waals surface area contributed by atoms with Crippen molar-refractivity contribution in [1.29, 1.82) is 0 Å². The van der Waals surface area contributed by atoms with Gasteiger partial charge in [-0.2, -0.15) is 0 Å². The molecule has 1 heterocycles. The second-order valence-electron chi connectivity index (χ2n) is 10.5. The number of aliphatic hydroxyl groups is 1. The van der Waals surface area contributed by atoms with E-state index in [0.29, 0.717) is 25.9 Å². The minimum absolute atomic E-state index is 0.119. The van der Waals surface area contributed by atoms with Gasteiger partial charge in [-0.25, -0.2) is 0 Å². The summed E-state index contributed by atoms with van der Waals surface area (Å²) in [6.45, 7) is 13.3. The molecule has 1 N–H and O–H groups in total. The summed E-state index contributed by atoms with van der Waals surface area (Å²) >= 11 is 0. The second kappa shape index (κ2) is 12.7. The second-order valence-corrected chi connectivity index (χ2v) is 10.5. The number of carbonyl (C=O) groups excluding carboxylic acids is 1. The van der Waals surface area contributed by atoms with E-state index in [1.807, 2.05) is 0 Å². The van der Waals surface area contributed by atoms with E-state index >= 15 is 0 Å². The molecule has 1 atom stereocenters. The maximum absolute atomic E-state index is 11.4. The zero-order valence-corrected chi connectivity index (χ0v) is 23.6. The highest BCUT2D eigenvalue weighted by Gasteiger charge is 2.32. The Morgan fingerprint density at radius 3 is 2.11 bits per heavy atom. The monoisotopic (exact) mass is 504 g/mol. The molecule has 2 aromatic carbocycles. The molecule has 0 spiro atoms. The van der Waals surface area contributed by atoms with Crippen molar-refractivity contribution >= 4 is 5.97 Å². The van der Waals surface area contributed by atoms with Gasteiger partial charge in [0.25, 0.3) is 0 Å². The van der Waals surface area contributed by atoms with Gasteiger partial charge in [-0.3, -0.25) is 4.79 Å². The fourth-order valence-corrected chi connectivity index (χ4v) is 5.59. The number of hydrogen-bond donors (Lipinski definition) is 1. The lowest BCUT2D eigenvalue weighted by molar-refractivity contribution is -0.142. The van der Waals surface area contributed by atoms with Gasteiger partial charge in [0, 0.05) is 17.4 Å². The molecule has 0 aliphatic carbocycles. The van der Waals surface area contributed by atoms with Gasteiger partial charge < -0.3 is 14.6 Å². The van der Waals surface area contributed by atoms with Gasteiger partial charge in [-0.1, -0.05) is 76.6 Å². The van der Waals surface area contributed by atoms with Crippen LogP contribution in [0, 0.1) is 25.7 Å². The number of esters is 1. The van der Waals surface area contributed by atoms with Gasteiger partial charge in [0.1, 0.15) is 24.1 Å². The highest BCUT2D eigenvalue weighted by atomic mass is 16.6. The van der Waals surface area contributed by atoms with E-state index in [1.165, 1.54) is 11.1 Å². The molecule has 37 heavy (non-hydrogen) atoms. The van der Waals surface area contributed by atoms with Crippen LogP contribution in [0.3, 0.4) is 0 Å². The van der Waals surface area contributed by atoms with Crippen molar-refractivity contribution in [2.75, 3.05) is 6.61 Å². The predicted molar refractivity (Wildman–Crippen MR) is 150 cm³/mol. The number of hydrogen-bond acceptors (Lipinski definition) is 4. The van der Waals surface area contributed by atoms with Crippen LogP contribution in [0.5, 0.6) is 5.75 Å². The van der Waals surface area contributed by atoms with E-state index in [9.17, 15) is 9.90 Å². The number of carbonyl (C=O) groups is 1. The van der Waals surface area contributed by atoms with Crippen LogP contribution in [-0.2, 0) is 14.9 Å². The molecule has 0 aromatic heterocycles. The van der Waals surface area contributed by atoms with Crippen LogP contribution < -0.4 is 4.74 Å². The Kier molecular flexibility index (Phi) is 9.85. The molecule has 4 heteroatoms. The summed E-state index contributed by atoms with van der Waals surface area (Å²) in [5.74, 6) is 7.17. The van der Waals surface area contributed by atoms with Crippen LogP contribution in [0.1, 0.15) is 107 Å². The maximum atomic E-state index is 11.4. The summed E-state index contributed by atoms with van der Waals surface area (Å²) in [5.41, 5.74) is 4.71. The molecule has 4 nitrogen and oxygen atoms in total. The lowest BCUT2D eigenvalue weighted by Crippen LogP contribution is -2.27. The van der Waals surface area contributed by atoms with Crippen molar-refractivity contribution in [2.24, 2.45) is 0 Å². The Hall–Kier alpha value is -2.77. The summed E-state index contributed by atoms with van der Waals surface area (Å²) in [6, 6.07) is 13.1. The molecule has 200 valence electrons. The molecule has 0 amide bonds. The van der Waals surface area contributed by atoms with E-state index < -0.39 is 5.60 Å². The fraction of sp³-hybridized carbons (Fsp3) is 0.545. The summed E-state index contributed by atoms with van der Waals surface area (Å²) < 4.78 is 11.3. The van der Waals surface area contributed by atoms with Gasteiger partial charge in [0.2, 0.25) is 0 Å². The highest BCUT2D eigenvalue weighted by molar-refractivity contribution is 5.71. The van der Waals surface area contributed by atoms with Gasteiger partial charge in [0.15, 0.2) is 0 Å². The lowest BCUT2D eigenvalue weighted by Gasteiger charge is -2.34. The summed E-state index contributed by atoms with van der Waals surface area (Å²) in [4.78, 5) is 11.4. The molecule has 1 saturated heterocycles. The molecule has 1 fully saturated rings. The number of ether oxygens (including phenoxy) is 2. The average molecular weight is 505 g/mol. The molecule has 1 aliphatic heterocycles. The molecule has 0 radical (unpaired) electrons. The molecular formula is C33H44O4. The summed E-state index contributed by atoms with van der Waals surface area (Å²) in [6.07, 6.45) is 6.21. The Morgan fingerprint density at radius 1 is 0.973 bits per heavy atom. The largest absolute Gasteiger partial charge is 0.489 e. The first-order valence-corrected chi connectivity index (χ1v) is 14.0. The van der Waals surface area contributed by atoms with Gasteiger partial charge in [-0.05, 0) is 80.3 Å². The summed E-state index contributed by atoms with van der Waals surface area (Å²) in [5, 5.41) is 10.9. The van der Waals surface area contributed by atoms with Crippen molar-refractivity contribution in [3.8, 4) is 17.6 Å². The van der Waals surface area contributed by atoms with Crippen LogP contribution in [-0.4, -0.2) is 29.4 Å². The third kappa shape index (κ3) is 6.76. The third-order valence-electron chi connectivity index (χ3n) is 7.86. The first-order valence-electron chi connectivity index (χ1n) is 14.0. The first kappa shape index (κ1) is 28.8. The van der Waals surface area contributed by atoms with Gasteiger partial charge in [0.05, 0.1) is 0 Å². The molecule has 2 aromatic rings. The molecule has 1 aliphatic rings. The van der Waals surface area contributed by atoms with Crippen molar-refractivity contribution in [2.45, 2.75) is 110 Å². The van der Waals surface area contributed by atoms with Crippen molar-refractivity contribution < 1.29 is 19.4 Å². The number of aryl methyl sites for hydroxylation is 2. The van der Waals surface area contributed by atoms with E-state index in [1.54, 1.807) is 0 Å². The van der Waals surface area contributed by atoms with Crippen LogP contribution in [0.25, 0.3) is 0 Å². The van der Waals surface area contributed by atoms with E-state index in [-0.39, 0.29) is 17.5 Å². The Morgan fingerprint density at radius 2 is 1.59 bits per heavy atom. The summed E-state index contributed by atoms with van der Waals surface area (Å²) in [7, 11) is 0. The van der Waals surface area contributed by atoms with Crippen molar-refractivity contribution in [3.63, 3.8) is 0 Å². The zero-order valence-electron chi connectivity index (χ0n) is 23.6. The number of benzene rings is 2. The van der Waals surface area contributed by atoms with Crippen LogP contribution in [0.2, 0.25) is 0 Å². The normalized spacial score (nSPS) is 15.8. The van der Waals surface area contributed by atoms with Crippen LogP contribution in [0.4, 0.5) is 0 Å². The Balaban J connectivity index is 1.86. The predicted octanol–water partition coefficient (Wildman–Crippen LogP) is 7.18. The smallest absolute Gasteiger partial charge is 0.306 e. The molecule has 3 rings (SSSR count). The maximum Gasteiger partial charge on any atom is 0.306 e. The van der Waals surface area contributed by atoms with Gasteiger partial charge >= 0.3 is 5.97 Å². The average Bonchev–Trinajstić information content (AvgIpc) is 3.29. The van der Waals surface area contributed by atoms with Crippen molar-refractivity contribution in [1.82, 2.24) is 0 Å². The molecule has 0 saturated carbocycles. The van der Waals surface area contributed by atoms with E-state index in [2.05, 4.69) is 89.8 Å². The van der Waals surface area contributed by atoms with E-state index in [0.717, 1.165) is 54.5 Å². The zero-order chi connectivity index (χ0) is 27.1. The fourth-order valence-electron chi connectivity index (χ4n) is 5.59. The third-order valence-corrected chi connectivity index (χ3v) is 7.86. The molecule has 0 bridgehead atoms. The topological polar surface area (TPSA) is 55.8 Å². The highest BCUT2D eigenvalue weighted by Crippen LogP contribution is 2.41. The quantitative estimate of drug-likeness (QED) is 0.260. The van der Waals surface area contributed by atoms with E-state index in [4.69, 9.17) is 9.47 Å². The Bertz CT molecular complexity index is 1130. The molecule has 1 unspecified atom stereocenters. The standard InChI is InChI=1S/C33H44O4/c1-7-18-32(35,19-8-2)20-17-26-11-12-27(21-24(26)5)33(9-3,10-4)28-13-15-30(25(6)22-28)36-23-29-14-16-31(34)37-29/h11-13,15,21-22,29,35H,7-10,14,16,18-19,23H2,1-6H3. The first-order chi connectivity index (χ1) is 17.7.